The van der Waals surface area contributed by atoms with E-state index in [0.717, 1.165) is 6.42 Å². The minimum absolute atomic E-state index is 0.0298. The number of hydrogen-bond acceptors (Lipinski definition) is 7. The predicted octanol–water partition coefficient (Wildman–Crippen LogP) is 4.01. The van der Waals surface area contributed by atoms with Crippen molar-refractivity contribution in [2.75, 3.05) is 21.3 Å². The van der Waals surface area contributed by atoms with E-state index in [0.29, 0.717) is 40.9 Å². The van der Waals surface area contributed by atoms with Crippen LogP contribution in [-0.2, 0) is 4.79 Å². The van der Waals surface area contributed by atoms with Crippen LogP contribution in [0, 0.1) is 11.8 Å². The number of methoxy groups -OCH3 is 3. The molecule has 29 heavy (non-hydrogen) atoms. The highest BCUT2D eigenvalue weighted by Crippen LogP contribution is 2.40. The first-order chi connectivity index (χ1) is 13.8. The van der Waals surface area contributed by atoms with Gasteiger partial charge < -0.3 is 24.1 Å². The van der Waals surface area contributed by atoms with Crippen LogP contribution in [0.3, 0.4) is 0 Å². The maximum atomic E-state index is 12.3. The Morgan fingerprint density at radius 3 is 2.21 bits per heavy atom. The first-order valence-electron chi connectivity index (χ1n) is 9.77. The van der Waals surface area contributed by atoms with Gasteiger partial charge in [0, 0.05) is 12.0 Å². The van der Waals surface area contributed by atoms with Gasteiger partial charge in [0.1, 0.15) is 6.04 Å². The van der Waals surface area contributed by atoms with Gasteiger partial charge >= 0.3 is 0 Å². The van der Waals surface area contributed by atoms with Crippen LogP contribution in [0.4, 0.5) is 0 Å². The molecule has 8 heteroatoms. The van der Waals surface area contributed by atoms with Gasteiger partial charge in [-0.3, -0.25) is 4.79 Å². The number of benzene rings is 1. The van der Waals surface area contributed by atoms with Gasteiger partial charge in [-0.25, -0.2) is 0 Å². The quantitative estimate of drug-likeness (QED) is 0.638. The average Bonchev–Trinajstić information content (AvgIpc) is 3.19. The highest BCUT2D eigenvalue weighted by atomic mass is 16.5. The summed E-state index contributed by atoms with van der Waals surface area (Å²) >= 11 is 0. The summed E-state index contributed by atoms with van der Waals surface area (Å²) in [5.41, 5.74) is 0.658. The molecule has 0 saturated heterocycles. The molecular weight excluding hydrogens is 374 g/mol. The largest absolute Gasteiger partial charge is 0.493 e. The third kappa shape index (κ3) is 5.40. The Morgan fingerprint density at radius 1 is 1.10 bits per heavy atom. The van der Waals surface area contributed by atoms with Gasteiger partial charge in [0.15, 0.2) is 11.5 Å². The summed E-state index contributed by atoms with van der Waals surface area (Å²) in [5, 5.41) is 7.15. The van der Waals surface area contributed by atoms with Crippen LogP contribution in [0.15, 0.2) is 16.7 Å². The van der Waals surface area contributed by atoms with E-state index in [2.05, 4.69) is 22.4 Å². The fraction of sp³-hybridized carbons (Fsp3) is 0.571. The van der Waals surface area contributed by atoms with Gasteiger partial charge in [-0.15, -0.1) is 0 Å². The molecule has 0 aliphatic rings. The van der Waals surface area contributed by atoms with Crippen molar-refractivity contribution < 1.29 is 23.5 Å². The van der Waals surface area contributed by atoms with Crippen molar-refractivity contribution in [1.82, 2.24) is 15.5 Å². The van der Waals surface area contributed by atoms with E-state index in [4.69, 9.17) is 18.7 Å². The summed E-state index contributed by atoms with van der Waals surface area (Å²) < 4.78 is 21.7. The van der Waals surface area contributed by atoms with Crippen molar-refractivity contribution in [3.63, 3.8) is 0 Å². The maximum absolute atomic E-state index is 12.3. The van der Waals surface area contributed by atoms with Gasteiger partial charge in [0.2, 0.25) is 23.4 Å². The third-order valence-corrected chi connectivity index (χ3v) is 4.75. The standard InChI is InChI=1S/C21H31N3O5/c1-8-13(4)18(22-17(25)9-12(2)3)21-23-20(24-29-21)14-10-15(26-5)19(28-7)16(11-14)27-6/h10-13,18H,8-9H2,1-7H3,(H,22,25)/t13-,18+/m1/s1. The van der Waals surface area contributed by atoms with Gasteiger partial charge in [0.05, 0.1) is 21.3 Å². The minimum Gasteiger partial charge on any atom is -0.493 e. The third-order valence-electron chi connectivity index (χ3n) is 4.75. The SMILES string of the molecule is CC[C@@H](C)[C@H](NC(=O)CC(C)C)c1nc(-c2cc(OC)c(OC)c(OC)c2)no1. The molecule has 2 aromatic rings. The number of carbonyl (C=O) groups excluding carboxylic acids is 1. The first kappa shape index (κ1) is 22.5. The number of rotatable bonds is 10. The van der Waals surface area contributed by atoms with Crippen LogP contribution < -0.4 is 19.5 Å². The molecule has 0 aliphatic carbocycles. The van der Waals surface area contributed by atoms with Crippen molar-refractivity contribution in [2.45, 2.75) is 46.6 Å². The molecule has 0 radical (unpaired) electrons. The summed E-state index contributed by atoms with van der Waals surface area (Å²) in [6, 6.07) is 3.16. The second-order valence-corrected chi connectivity index (χ2v) is 7.40. The lowest BCUT2D eigenvalue weighted by Gasteiger charge is -2.21. The van der Waals surface area contributed by atoms with Crippen molar-refractivity contribution in [3.05, 3.63) is 18.0 Å². The van der Waals surface area contributed by atoms with Crippen LogP contribution >= 0.6 is 0 Å². The van der Waals surface area contributed by atoms with Crippen molar-refractivity contribution >= 4 is 5.91 Å². The molecule has 1 aromatic carbocycles. The van der Waals surface area contributed by atoms with Crippen LogP contribution in [0.1, 0.15) is 52.5 Å². The van der Waals surface area contributed by atoms with E-state index in [1.54, 1.807) is 33.5 Å². The fourth-order valence-electron chi connectivity index (χ4n) is 2.98. The summed E-state index contributed by atoms with van der Waals surface area (Å²) in [7, 11) is 4.64. The zero-order valence-electron chi connectivity index (χ0n) is 18.2. The molecule has 0 fully saturated rings. The van der Waals surface area contributed by atoms with Crippen LogP contribution in [0.5, 0.6) is 17.2 Å². The molecule has 2 atom stereocenters. The molecular formula is C21H31N3O5. The topological polar surface area (TPSA) is 95.7 Å². The molecule has 160 valence electrons. The molecule has 0 aliphatic heterocycles. The summed E-state index contributed by atoms with van der Waals surface area (Å²) in [6.45, 7) is 8.12. The fourth-order valence-corrected chi connectivity index (χ4v) is 2.98. The van der Waals surface area contributed by atoms with E-state index in [-0.39, 0.29) is 23.8 Å². The zero-order chi connectivity index (χ0) is 21.6. The zero-order valence-corrected chi connectivity index (χ0v) is 18.2. The molecule has 2 rings (SSSR count). The Kier molecular flexibility index (Phi) is 7.87. The van der Waals surface area contributed by atoms with Gasteiger partial charge in [-0.05, 0) is 24.0 Å². The summed E-state index contributed by atoms with van der Waals surface area (Å²) in [5.74, 6) is 2.61. The van der Waals surface area contributed by atoms with Gasteiger partial charge in [-0.1, -0.05) is 39.3 Å². The number of amides is 1. The Balaban J connectivity index is 2.37. The highest BCUT2D eigenvalue weighted by molar-refractivity contribution is 5.76. The first-order valence-corrected chi connectivity index (χ1v) is 9.77. The number of ether oxygens (including phenoxy) is 3. The van der Waals surface area contributed by atoms with E-state index < -0.39 is 0 Å². The van der Waals surface area contributed by atoms with E-state index >= 15 is 0 Å². The molecule has 1 N–H and O–H groups in total. The van der Waals surface area contributed by atoms with E-state index in [9.17, 15) is 4.79 Å². The molecule has 1 amide bonds. The molecule has 1 aromatic heterocycles. The van der Waals surface area contributed by atoms with Crippen LogP contribution in [0.2, 0.25) is 0 Å². The Bertz CT molecular complexity index is 793. The average molecular weight is 405 g/mol. The lowest BCUT2D eigenvalue weighted by Crippen LogP contribution is -2.33. The second kappa shape index (κ2) is 10.1. The number of hydrogen-bond donors (Lipinski definition) is 1. The number of nitrogens with one attached hydrogen (secondary N) is 1. The Labute approximate surface area is 171 Å². The van der Waals surface area contributed by atoms with Crippen molar-refractivity contribution in [2.24, 2.45) is 11.8 Å². The molecule has 8 nitrogen and oxygen atoms in total. The molecule has 0 saturated carbocycles. The van der Waals surface area contributed by atoms with Crippen LogP contribution in [0.25, 0.3) is 11.4 Å². The summed E-state index contributed by atoms with van der Waals surface area (Å²) in [4.78, 5) is 16.9. The highest BCUT2D eigenvalue weighted by Gasteiger charge is 2.27. The molecule has 0 unspecified atom stereocenters. The number of nitrogens with zero attached hydrogens (tertiary/aromatic N) is 2. The van der Waals surface area contributed by atoms with Crippen molar-refractivity contribution in [3.8, 4) is 28.6 Å². The van der Waals surface area contributed by atoms with E-state index in [1.165, 1.54) is 0 Å². The normalized spacial score (nSPS) is 13.1. The molecule has 0 bridgehead atoms. The Hall–Kier alpha value is -2.77. The number of aromatic nitrogens is 2. The molecule has 1 heterocycles. The second-order valence-electron chi connectivity index (χ2n) is 7.40. The minimum atomic E-state index is -0.352. The molecule has 0 spiro atoms. The van der Waals surface area contributed by atoms with Gasteiger partial charge in [-0.2, -0.15) is 4.98 Å². The number of carbonyl (C=O) groups is 1. The monoisotopic (exact) mass is 405 g/mol. The van der Waals surface area contributed by atoms with Crippen molar-refractivity contribution in [1.29, 1.82) is 0 Å². The Morgan fingerprint density at radius 2 is 1.72 bits per heavy atom. The lowest BCUT2D eigenvalue weighted by molar-refractivity contribution is -0.123. The maximum Gasteiger partial charge on any atom is 0.249 e. The van der Waals surface area contributed by atoms with E-state index in [1.807, 2.05) is 20.8 Å². The van der Waals surface area contributed by atoms with Gasteiger partial charge in [0.25, 0.3) is 0 Å². The summed E-state index contributed by atoms with van der Waals surface area (Å²) in [6.07, 6.45) is 1.30. The van der Waals surface area contributed by atoms with Crippen LogP contribution in [-0.4, -0.2) is 37.4 Å². The lowest BCUT2D eigenvalue weighted by atomic mass is 9.98. The predicted molar refractivity (Wildman–Crippen MR) is 109 cm³/mol. The smallest absolute Gasteiger partial charge is 0.249 e.